The van der Waals surface area contributed by atoms with Gasteiger partial charge in [0.05, 0.1) is 0 Å². The molecule has 0 aliphatic carbocycles. The number of hydrogen-bond donors (Lipinski definition) is 1. The zero-order valence-corrected chi connectivity index (χ0v) is 14.5. The summed E-state index contributed by atoms with van der Waals surface area (Å²) < 4.78 is 0. The quantitative estimate of drug-likeness (QED) is 0.896. The summed E-state index contributed by atoms with van der Waals surface area (Å²) >= 11 is 0. The lowest BCUT2D eigenvalue weighted by Gasteiger charge is -2.27. The van der Waals surface area contributed by atoms with E-state index in [1.807, 2.05) is 6.07 Å². The third kappa shape index (κ3) is 4.35. The zero-order valence-electron chi connectivity index (χ0n) is 14.5. The molecule has 24 heavy (non-hydrogen) atoms. The molecular formula is C19H27N3O2. The summed E-state index contributed by atoms with van der Waals surface area (Å²) in [6.45, 7) is 4.57. The van der Waals surface area contributed by atoms with Crippen LogP contribution in [0.25, 0.3) is 0 Å². The molecule has 1 atom stereocenters. The van der Waals surface area contributed by atoms with E-state index in [0.717, 1.165) is 18.5 Å². The highest BCUT2D eigenvalue weighted by Gasteiger charge is 2.28. The molecule has 130 valence electrons. The molecule has 3 rings (SSSR count). The maximum atomic E-state index is 12.3. The molecule has 0 spiro atoms. The number of nitrogens with one attached hydrogen (secondary N) is 1. The van der Waals surface area contributed by atoms with Gasteiger partial charge in [-0.15, -0.1) is 0 Å². The van der Waals surface area contributed by atoms with Crippen LogP contribution in [0, 0.1) is 5.92 Å². The molecule has 1 aromatic carbocycles. The SMILES string of the molecule is CN1CC[C@@H](C(=O)NCc2cccc(CN3CCCC3)c2)CC1=O. The van der Waals surface area contributed by atoms with Crippen molar-refractivity contribution in [3.8, 4) is 0 Å². The van der Waals surface area contributed by atoms with Crippen LogP contribution in [-0.4, -0.2) is 48.3 Å². The first-order valence-electron chi connectivity index (χ1n) is 8.93. The van der Waals surface area contributed by atoms with Gasteiger partial charge >= 0.3 is 0 Å². The van der Waals surface area contributed by atoms with E-state index >= 15 is 0 Å². The standard InChI is InChI=1S/C19H27N3O2/c1-21-10-7-17(12-18(21)23)19(24)20-13-15-5-4-6-16(11-15)14-22-8-2-3-9-22/h4-6,11,17H,2-3,7-10,12-14H2,1H3,(H,20,24)/t17-/m1/s1. The Morgan fingerprint density at radius 2 is 1.96 bits per heavy atom. The summed E-state index contributed by atoms with van der Waals surface area (Å²) in [5, 5.41) is 3.00. The van der Waals surface area contributed by atoms with E-state index in [0.29, 0.717) is 19.5 Å². The number of amides is 2. The highest BCUT2D eigenvalue weighted by atomic mass is 16.2. The van der Waals surface area contributed by atoms with Crippen molar-refractivity contribution >= 4 is 11.8 Å². The van der Waals surface area contributed by atoms with Crippen LogP contribution < -0.4 is 5.32 Å². The summed E-state index contributed by atoms with van der Waals surface area (Å²) in [4.78, 5) is 28.2. The van der Waals surface area contributed by atoms with Crippen LogP contribution in [0.4, 0.5) is 0 Å². The zero-order chi connectivity index (χ0) is 16.9. The maximum absolute atomic E-state index is 12.3. The number of rotatable bonds is 5. The Morgan fingerprint density at radius 3 is 2.71 bits per heavy atom. The van der Waals surface area contributed by atoms with Crippen LogP contribution in [0.1, 0.15) is 36.8 Å². The van der Waals surface area contributed by atoms with Gasteiger partial charge in [-0.2, -0.15) is 0 Å². The van der Waals surface area contributed by atoms with E-state index in [2.05, 4.69) is 28.4 Å². The minimum absolute atomic E-state index is 0.00129. The van der Waals surface area contributed by atoms with Gasteiger partial charge in [0.25, 0.3) is 0 Å². The second-order valence-electron chi connectivity index (χ2n) is 7.03. The van der Waals surface area contributed by atoms with Gasteiger partial charge in [0.1, 0.15) is 0 Å². The van der Waals surface area contributed by atoms with Crippen molar-refractivity contribution in [1.29, 1.82) is 0 Å². The average Bonchev–Trinajstić information content (AvgIpc) is 3.08. The first-order chi connectivity index (χ1) is 11.6. The van der Waals surface area contributed by atoms with Crippen molar-refractivity contribution < 1.29 is 9.59 Å². The summed E-state index contributed by atoms with van der Waals surface area (Å²) in [6, 6.07) is 8.44. The minimum atomic E-state index is -0.179. The average molecular weight is 329 g/mol. The van der Waals surface area contributed by atoms with Crippen LogP contribution in [-0.2, 0) is 22.7 Å². The molecule has 2 heterocycles. The van der Waals surface area contributed by atoms with Crippen molar-refractivity contribution in [2.45, 2.75) is 38.8 Å². The molecule has 5 heteroatoms. The number of nitrogens with zero attached hydrogens (tertiary/aromatic N) is 2. The molecule has 0 radical (unpaired) electrons. The van der Waals surface area contributed by atoms with Crippen LogP contribution in [0.3, 0.4) is 0 Å². The predicted molar refractivity (Wildman–Crippen MR) is 93.2 cm³/mol. The van der Waals surface area contributed by atoms with Crippen molar-refractivity contribution in [1.82, 2.24) is 15.1 Å². The lowest BCUT2D eigenvalue weighted by Crippen LogP contribution is -2.41. The number of hydrogen-bond acceptors (Lipinski definition) is 3. The summed E-state index contributed by atoms with van der Waals surface area (Å²) in [5.74, 6) is -0.114. The molecule has 0 bridgehead atoms. The van der Waals surface area contributed by atoms with E-state index in [1.165, 1.54) is 31.5 Å². The molecule has 0 saturated carbocycles. The van der Waals surface area contributed by atoms with Crippen LogP contribution in [0.15, 0.2) is 24.3 Å². The van der Waals surface area contributed by atoms with Crippen LogP contribution in [0.5, 0.6) is 0 Å². The molecule has 1 aromatic rings. The van der Waals surface area contributed by atoms with Gasteiger partial charge in [-0.25, -0.2) is 0 Å². The summed E-state index contributed by atoms with van der Waals surface area (Å²) in [7, 11) is 1.79. The molecule has 0 aromatic heterocycles. The van der Waals surface area contributed by atoms with Crippen molar-refractivity contribution in [2.75, 3.05) is 26.7 Å². The Morgan fingerprint density at radius 1 is 1.21 bits per heavy atom. The second-order valence-corrected chi connectivity index (χ2v) is 7.03. The maximum Gasteiger partial charge on any atom is 0.223 e. The Bertz CT molecular complexity index is 596. The summed E-state index contributed by atoms with van der Waals surface area (Å²) in [5.41, 5.74) is 2.43. The molecule has 2 aliphatic heterocycles. The number of carbonyl (C=O) groups excluding carboxylic acids is 2. The summed E-state index contributed by atoms with van der Waals surface area (Å²) in [6.07, 6.45) is 3.68. The second kappa shape index (κ2) is 7.79. The molecule has 2 saturated heterocycles. The highest BCUT2D eigenvalue weighted by Crippen LogP contribution is 2.18. The normalized spacial score (nSPS) is 22.0. The topological polar surface area (TPSA) is 52.7 Å². The molecule has 2 amide bonds. The third-order valence-electron chi connectivity index (χ3n) is 5.09. The number of carbonyl (C=O) groups is 2. The lowest BCUT2D eigenvalue weighted by atomic mass is 9.95. The smallest absolute Gasteiger partial charge is 0.223 e. The van der Waals surface area contributed by atoms with E-state index < -0.39 is 0 Å². The molecule has 0 unspecified atom stereocenters. The van der Waals surface area contributed by atoms with E-state index in [1.54, 1.807) is 11.9 Å². The Balaban J connectivity index is 1.50. The largest absolute Gasteiger partial charge is 0.352 e. The van der Waals surface area contributed by atoms with Gasteiger partial charge < -0.3 is 10.2 Å². The monoisotopic (exact) mass is 329 g/mol. The fraction of sp³-hybridized carbons (Fsp3) is 0.579. The molecule has 2 aliphatic rings. The van der Waals surface area contributed by atoms with Gasteiger partial charge in [-0.1, -0.05) is 24.3 Å². The van der Waals surface area contributed by atoms with Crippen molar-refractivity contribution in [2.24, 2.45) is 5.92 Å². The van der Waals surface area contributed by atoms with E-state index in [9.17, 15) is 9.59 Å². The molecule has 5 nitrogen and oxygen atoms in total. The van der Waals surface area contributed by atoms with E-state index in [-0.39, 0.29) is 17.7 Å². The van der Waals surface area contributed by atoms with Gasteiger partial charge in [-0.3, -0.25) is 14.5 Å². The Hall–Kier alpha value is -1.88. The molecule has 2 fully saturated rings. The van der Waals surface area contributed by atoms with Gasteiger partial charge in [-0.05, 0) is 43.5 Å². The Kier molecular flexibility index (Phi) is 5.51. The number of piperidine rings is 1. The fourth-order valence-electron chi connectivity index (χ4n) is 3.54. The third-order valence-corrected chi connectivity index (χ3v) is 5.09. The van der Waals surface area contributed by atoms with Gasteiger partial charge in [0.15, 0.2) is 0 Å². The fourth-order valence-corrected chi connectivity index (χ4v) is 3.54. The number of likely N-dealkylation sites (tertiary alicyclic amines) is 2. The van der Waals surface area contributed by atoms with Crippen molar-refractivity contribution in [3.63, 3.8) is 0 Å². The minimum Gasteiger partial charge on any atom is -0.352 e. The highest BCUT2D eigenvalue weighted by molar-refractivity contribution is 5.86. The number of benzene rings is 1. The van der Waals surface area contributed by atoms with Gasteiger partial charge in [0, 0.05) is 39.0 Å². The van der Waals surface area contributed by atoms with E-state index in [4.69, 9.17) is 0 Å². The molecule has 1 N–H and O–H groups in total. The van der Waals surface area contributed by atoms with Crippen molar-refractivity contribution in [3.05, 3.63) is 35.4 Å². The first kappa shape index (κ1) is 17.0. The first-order valence-corrected chi connectivity index (χ1v) is 8.93. The van der Waals surface area contributed by atoms with Gasteiger partial charge in [0.2, 0.25) is 11.8 Å². The predicted octanol–water partition coefficient (Wildman–Crippen LogP) is 1.77. The Labute approximate surface area is 144 Å². The van der Waals surface area contributed by atoms with Crippen LogP contribution in [0.2, 0.25) is 0 Å². The molecular weight excluding hydrogens is 302 g/mol. The van der Waals surface area contributed by atoms with Crippen LogP contribution >= 0.6 is 0 Å². The lowest BCUT2D eigenvalue weighted by molar-refractivity contribution is -0.139.